The van der Waals surface area contributed by atoms with E-state index in [9.17, 15) is 0 Å². The molecule has 0 fully saturated rings. The number of anilines is 2. The molecule has 0 saturated heterocycles. The molecule has 0 bridgehead atoms. The number of methoxy groups -OCH3 is 1. The van der Waals surface area contributed by atoms with Crippen LogP contribution in [-0.2, 0) is 0 Å². The first-order valence-electron chi connectivity index (χ1n) is 9.34. The summed E-state index contributed by atoms with van der Waals surface area (Å²) in [5.74, 6) is 1.44. The van der Waals surface area contributed by atoms with Gasteiger partial charge in [-0.15, -0.1) is 5.10 Å². The van der Waals surface area contributed by atoms with Gasteiger partial charge in [0.1, 0.15) is 11.3 Å². The molecular formula is C23H17N5OS. The second-order valence-corrected chi connectivity index (χ2v) is 7.70. The lowest BCUT2D eigenvalue weighted by Gasteiger charge is -2.09. The molecule has 0 aliphatic heterocycles. The van der Waals surface area contributed by atoms with Crippen LogP contribution in [-0.4, -0.2) is 27.3 Å². The predicted molar refractivity (Wildman–Crippen MR) is 119 cm³/mol. The highest BCUT2D eigenvalue weighted by Crippen LogP contribution is 2.33. The first-order valence-corrected chi connectivity index (χ1v) is 10.2. The summed E-state index contributed by atoms with van der Waals surface area (Å²) < 4.78 is 5.24. The molecule has 0 aliphatic carbocycles. The molecule has 6 nitrogen and oxygen atoms in total. The van der Waals surface area contributed by atoms with Crippen LogP contribution >= 0.6 is 11.8 Å². The van der Waals surface area contributed by atoms with Crippen molar-refractivity contribution in [1.82, 2.24) is 20.2 Å². The van der Waals surface area contributed by atoms with Crippen molar-refractivity contribution in [2.75, 3.05) is 12.4 Å². The van der Waals surface area contributed by atoms with Crippen LogP contribution in [0.2, 0.25) is 0 Å². The average Bonchev–Trinajstić information content (AvgIpc) is 2.80. The average molecular weight is 411 g/mol. The van der Waals surface area contributed by atoms with E-state index in [1.165, 1.54) is 0 Å². The molecular weight excluding hydrogens is 394 g/mol. The molecule has 30 heavy (non-hydrogen) atoms. The molecule has 7 heteroatoms. The molecule has 0 amide bonds. The van der Waals surface area contributed by atoms with E-state index in [0.29, 0.717) is 5.75 Å². The van der Waals surface area contributed by atoms with Crippen LogP contribution in [0.15, 0.2) is 89.0 Å². The summed E-state index contributed by atoms with van der Waals surface area (Å²) in [6, 6.07) is 20.1. The van der Waals surface area contributed by atoms with Gasteiger partial charge in [0.05, 0.1) is 25.0 Å². The summed E-state index contributed by atoms with van der Waals surface area (Å²) in [5.41, 5.74) is 2.62. The van der Waals surface area contributed by atoms with Crippen LogP contribution < -0.4 is 10.1 Å². The Morgan fingerprint density at radius 2 is 1.80 bits per heavy atom. The van der Waals surface area contributed by atoms with E-state index in [-0.39, 0.29) is 0 Å². The van der Waals surface area contributed by atoms with Crippen molar-refractivity contribution in [2.24, 2.45) is 0 Å². The molecule has 0 atom stereocenters. The zero-order valence-electron chi connectivity index (χ0n) is 16.1. The van der Waals surface area contributed by atoms with E-state index in [1.54, 1.807) is 37.5 Å². The standard InChI is InChI=1S/C23H17N5OS/c1-29-17-12-20-22(25-14-17)21(10-11-24-20)30-18-8-6-16(7-9-18)27-23-19-5-3-2-4-15(19)13-26-28-23/h2-14H,1H3,(H,27,28). The van der Waals surface area contributed by atoms with E-state index in [4.69, 9.17) is 4.74 Å². The Bertz CT molecular complexity index is 1340. The molecule has 0 saturated carbocycles. The lowest BCUT2D eigenvalue weighted by atomic mass is 10.2. The van der Waals surface area contributed by atoms with Crippen LogP contribution in [0.25, 0.3) is 21.8 Å². The second-order valence-electron chi connectivity index (χ2n) is 6.58. The van der Waals surface area contributed by atoms with E-state index in [1.807, 2.05) is 48.5 Å². The minimum absolute atomic E-state index is 0.698. The Labute approximate surface area is 177 Å². The number of ether oxygens (including phenoxy) is 1. The molecule has 0 spiro atoms. The van der Waals surface area contributed by atoms with Crippen LogP contribution in [0.3, 0.4) is 0 Å². The van der Waals surface area contributed by atoms with Gasteiger partial charge in [0.2, 0.25) is 0 Å². The van der Waals surface area contributed by atoms with Crippen LogP contribution in [0.5, 0.6) is 5.75 Å². The minimum atomic E-state index is 0.698. The molecule has 5 aromatic rings. The van der Waals surface area contributed by atoms with Gasteiger partial charge in [-0.1, -0.05) is 36.0 Å². The van der Waals surface area contributed by atoms with Gasteiger partial charge < -0.3 is 10.1 Å². The summed E-state index contributed by atoms with van der Waals surface area (Å²) in [5, 5.41) is 13.8. The van der Waals surface area contributed by atoms with Gasteiger partial charge in [0, 0.05) is 38.5 Å². The van der Waals surface area contributed by atoms with Crippen molar-refractivity contribution in [1.29, 1.82) is 0 Å². The van der Waals surface area contributed by atoms with Gasteiger partial charge in [-0.3, -0.25) is 4.98 Å². The Balaban J connectivity index is 1.39. The largest absolute Gasteiger partial charge is 0.495 e. The molecule has 146 valence electrons. The summed E-state index contributed by atoms with van der Waals surface area (Å²) >= 11 is 1.65. The monoisotopic (exact) mass is 411 g/mol. The zero-order chi connectivity index (χ0) is 20.3. The van der Waals surface area contributed by atoms with Crippen molar-refractivity contribution in [3.8, 4) is 5.75 Å². The van der Waals surface area contributed by atoms with E-state index in [2.05, 4.69) is 37.6 Å². The fraction of sp³-hybridized carbons (Fsp3) is 0.0435. The summed E-state index contributed by atoms with van der Waals surface area (Å²) in [6.07, 6.45) is 5.27. The number of rotatable bonds is 5. The summed E-state index contributed by atoms with van der Waals surface area (Å²) in [7, 11) is 1.63. The van der Waals surface area contributed by atoms with Crippen molar-refractivity contribution in [2.45, 2.75) is 9.79 Å². The second kappa shape index (κ2) is 7.96. The molecule has 5 rings (SSSR count). The maximum atomic E-state index is 5.24. The van der Waals surface area contributed by atoms with Gasteiger partial charge in [-0.05, 0) is 30.3 Å². The van der Waals surface area contributed by atoms with E-state index >= 15 is 0 Å². The van der Waals surface area contributed by atoms with Gasteiger partial charge in [0.25, 0.3) is 0 Å². The zero-order valence-corrected chi connectivity index (χ0v) is 16.9. The highest BCUT2D eigenvalue weighted by molar-refractivity contribution is 7.99. The normalized spacial score (nSPS) is 11.0. The number of pyridine rings is 2. The summed E-state index contributed by atoms with van der Waals surface area (Å²) in [4.78, 5) is 11.1. The van der Waals surface area contributed by atoms with E-state index in [0.717, 1.165) is 43.1 Å². The van der Waals surface area contributed by atoms with Gasteiger partial charge in [-0.25, -0.2) is 4.98 Å². The van der Waals surface area contributed by atoms with Crippen LogP contribution in [0.1, 0.15) is 0 Å². The van der Waals surface area contributed by atoms with Crippen molar-refractivity contribution >= 4 is 45.1 Å². The molecule has 1 N–H and O–H groups in total. The number of nitrogens with zero attached hydrogens (tertiary/aromatic N) is 4. The third kappa shape index (κ3) is 3.62. The quantitative estimate of drug-likeness (QED) is 0.411. The summed E-state index contributed by atoms with van der Waals surface area (Å²) in [6.45, 7) is 0. The van der Waals surface area contributed by atoms with Crippen molar-refractivity contribution < 1.29 is 4.74 Å². The minimum Gasteiger partial charge on any atom is -0.495 e. The predicted octanol–water partition coefficient (Wildman–Crippen LogP) is 5.48. The third-order valence-electron chi connectivity index (χ3n) is 4.67. The molecule has 3 aromatic heterocycles. The number of nitrogens with one attached hydrogen (secondary N) is 1. The smallest absolute Gasteiger partial charge is 0.160 e. The molecule has 2 aromatic carbocycles. The maximum absolute atomic E-state index is 5.24. The van der Waals surface area contributed by atoms with Gasteiger partial charge in [-0.2, -0.15) is 5.10 Å². The fourth-order valence-electron chi connectivity index (χ4n) is 3.17. The Morgan fingerprint density at radius 1 is 0.933 bits per heavy atom. The third-order valence-corrected chi connectivity index (χ3v) is 5.72. The Kier molecular flexibility index (Phi) is 4.86. The Morgan fingerprint density at radius 3 is 2.67 bits per heavy atom. The number of hydrogen-bond donors (Lipinski definition) is 1. The highest BCUT2D eigenvalue weighted by Gasteiger charge is 2.08. The van der Waals surface area contributed by atoms with Gasteiger partial charge in [0.15, 0.2) is 5.82 Å². The SMILES string of the molecule is COc1cnc2c(Sc3ccc(Nc4nncc5ccccc45)cc3)ccnc2c1. The van der Waals surface area contributed by atoms with Crippen LogP contribution in [0.4, 0.5) is 11.5 Å². The van der Waals surface area contributed by atoms with E-state index < -0.39 is 0 Å². The van der Waals surface area contributed by atoms with Crippen molar-refractivity contribution in [3.05, 3.63) is 79.3 Å². The van der Waals surface area contributed by atoms with Gasteiger partial charge >= 0.3 is 0 Å². The fourth-order valence-corrected chi connectivity index (χ4v) is 4.08. The highest BCUT2D eigenvalue weighted by atomic mass is 32.2. The molecule has 0 unspecified atom stereocenters. The lowest BCUT2D eigenvalue weighted by Crippen LogP contribution is -1.96. The van der Waals surface area contributed by atoms with Crippen molar-refractivity contribution in [3.63, 3.8) is 0 Å². The number of hydrogen-bond acceptors (Lipinski definition) is 7. The maximum Gasteiger partial charge on any atom is 0.160 e. The number of fused-ring (bicyclic) bond motifs is 2. The lowest BCUT2D eigenvalue weighted by molar-refractivity contribution is 0.413. The first-order chi connectivity index (χ1) is 14.8. The number of benzene rings is 2. The number of aromatic nitrogens is 4. The van der Waals surface area contributed by atoms with Crippen LogP contribution in [0, 0.1) is 0 Å². The first kappa shape index (κ1) is 18.3. The molecule has 0 aliphatic rings. The molecule has 0 radical (unpaired) electrons. The topological polar surface area (TPSA) is 72.8 Å². The Hall–Kier alpha value is -3.71. The molecule has 3 heterocycles.